The van der Waals surface area contributed by atoms with Crippen molar-refractivity contribution in [3.63, 3.8) is 0 Å². The van der Waals surface area contributed by atoms with Gasteiger partial charge in [-0.2, -0.15) is 5.10 Å². The third-order valence-electron chi connectivity index (χ3n) is 2.20. The summed E-state index contributed by atoms with van der Waals surface area (Å²) >= 11 is 0. The maximum absolute atomic E-state index is 4.46. The van der Waals surface area contributed by atoms with Gasteiger partial charge in [-0.15, -0.1) is 0 Å². The number of H-pyrrole nitrogens is 2. The van der Waals surface area contributed by atoms with Crippen LogP contribution in [-0.4, -0.2) is 20.2 Å². The van der Waals surface area contributed by atoms with Gasteiger partial charge in [0, 0.05) is 23.3 Å². The molecule has 14 heavy (non-hydrogen) atoms. The van der Waals surface area contributed by atoms with E-state index in [1.165, 1.54) is 0 Å². The van der Waals surface area contributed by atoms with Crippen molar-refractivity contribution in [2.24, 2.45) is 0 Å². The van der Waals surface area contributed by atoms with Crippen LogP contribution in [0.5, 0.6) is 0 Å². The average molecular weight is 184 g/mol. The average Bonchev–Trinajstić information content (AvgIpc) is 2.88. The molecule has 68 valence electrons. The minimum Gasteiger partial charge on any atom is -0.346 e. The number of hydrogen-bond acceptors (Lipinski definition) is 2. The quantitative estimate of drug-likeness (QED) is 0.607. The third-order valence-corrected chi connectivity index (χ3v) is 2.20. The van der Waals surface area contributed by atoms with Crippen molar-refractivity contribution in [1.82, 2.24) is 20.2 Å². The summed E-state index contributed by atoms with van der Waals surface area (Å²) in [4.78, 5) is 7.54. The number of nitrogens with zero attached hydrogens (tertiary/aromatic N) is 2. The zero-order valence-corrected chi connectivity index (χ0v) is 7.36. The summed E-state index contributed by atoms with van der Waals surface area (Å²) in [5.41, 5.74) is 2.83. The molecule has 3 rings (SSSR count). The first-order valence-corrected chi connectivity index (χ1v) is 4.37. The topological polar surface area (TPSA) is 57.4 Å². The van der Waals surface area contributed by atoms with Crippen LogP contribution in [0.4, 0.5) is 0 Å². The molecule has 0 saturated carbocycles. The minimum atomic E-state index is 0.906. The summed E-state index contributed by atoms with van der Waals surface area (Å²) < 4.78 is 0. The number of pyridine rings is 1. The van der Waals surface area contributed by atoms with Crippen LogP contribution in [0.3, 0.4) is 0 Å². The Balaban J connectivity index is 2.23. The Morgan fingerprint density at radius 2 is 2.14 bits per heavy atom. The van der Waals surface area contributed by atoms with Crippen molar-refractivity contribution >= 4 is 11.0 Å². The Morgan fingerprint density at radius 1 is 1.14 bits per heavy atom. The van der Waals surface area contributed by atoms with E-state index in [9.17, 15) is 0 Å². The SMILES string of the molecule is c1cc2ccc(-c3cn[nH]c3)nc2[nH]1. The summed E-state index contributed by atoms with van der Waals surface area (Å²) in [7, 11) is 0. The second-order valence-corrected chi connectivity index (χ2v) is 3.10. The molecule has 0 aliphatic rings. The van der Waals surface area contributed by atoms with Gasteiger partial charge in [0.05, 0.1) is 11.9 Å². The van der Waals surface area contributed by atoms with Gasteiger partial charge in [-0.25, -0.2) is 4.98 Å². The summed E-state index contributed by atoms with van der Waals surface area (Å²) in [6, 6.07) is 6.03. The fraction of sp³-hybridized carbons (Fsp3) is 0. The van der Waals surface area contributed by atoms with Gasteiger partial charge in [-0.05, 0) is 18.2 Å². The van der Waals surface area contributed by atoms with Gasteiger partial charge in [-0.3, -0.25) is 5.10 Å². The molecule has 2 N–H and O–H groups in total. The molecule has 3 heterocycles. The molecule has 0 unspecified atom stereocenters. The standard InChI is InChI=1S/C10H8N4/c1-2-9(8-5-12-13-6-8)14-10-7(1)3-4-11-10/h1-6H,(H,11,14)(H,12,13). The summed E-state index contributed by atoms with van der Waals surface area (Å²) in [5.74, 6) is 0. The monoisotopic (exact) mass is 184 g/mol. The van der Waals surface area contributed by atoms with Crippen LogP contribution in [0.1, 0.15) is 0 Å². The lowest BCUT2D eigenvalue weighted by molar-refractivity contribution is 1.09. The molecule has 4 nitrogen and oxygen atoms in total. The number of nitrogens with one attached hydrogen (secondary N) is 2. The van der Waals surface area contributed by atoms with E-state index in [-0.39, 0.29) is 0 Å². The van der Waals surface area contributed by atoms with Crippen LogP contribution < -0.4 is 0 Å². The van der Waals surface area contributed by atoms with E-state index in [2.05, 4.69) is 20.2 Å². The lowest BCUT2D eigenvalue weighted by Gasteiger charge is -1.95. The largest absolute Gasteiger partial charge is 0.346 e. The first-order valence-electron chi connectivity index (χ1n) is 4.37. The molecule has 0 amide bonds. The summed E-state index contributed by atoms with van der Waals surface area (Å²) in [6.45, 7) is 0. The van der Waals surface area contributed by atoms with Crippen molar-refractivity contribution in [1.29, 1.82) is 0 Å². The molecule has 3 aromatic rings. The number of rotatable bonds is 1. The Labute approximate surface area is 80.0 Å². The highest BCUT2D eigenvalue weighted by molar-refractivity contribution is 5.78. The smallest absolute Gasteiger partial charge is 0.137 e. The number of fused-ring (bicyclic) bond motifs is 1. The molecule has 0 atom stereocenters. The van der Waals surface area contributed by atoms with Gasteiger partial charge in [-0.1, -0.05) is 0 Å². The summed E-state index contributed by atoms with van der Waals surface area (Å²) in [5, 5.41) is 7.78. The van der Waals surface area contributed by atoms with Gasteiger partial charge in [0.1, 0.15) is 5.65 Å². The van der Waals surface area contributed by atoms with Crippen LogP contribution >= 0.6 is 0 Å². The highest BCUT2D eigenvalue weighted by Crippen LogP contribution is 2.18. The molecule has 0 radical (unpaired) electrons. The fourth-order valence-corrected chi connectivity index (χ4v) is 1.48. The van der Waals surface area contributed by atoms with Crippen molar-refractivity contribution in [3.8, 4) is 11.3 Å². The van der Waals surface area contributed by atoms with Crippen LogP contribution in [0, 0.1) is 0 Å². The van der Waals surface area contributed by atoms with Gasteiger partial charge >= 0.3 is 0 Å². The van der Waals surface area contributed by atoms with E-state index in [1.807, 2.05) is 30.6 Å². The zero-order valence-electron chi connectivity index (χ0n) is 7.36. The highest BCUT2D eigenvalue weighted by atomic mass is 15.1. The minimum absolute atomic E-state index is 0.906. The lowest BCUT2D eigenvalue weighted by atomic mass is 10.2. The predicted octanol–water partition coefficient (Wildman–Crippen LogP) is 1.95. The van der Waals surface area contributed by atoms with E-state index in [0.717, 1.165) is 22.3 Å². The zero-order chi connectivity index (χ0) is 9.38. The van der Waals surface area contributed by atoms with Crippen molar-refractivity contribution in [3.05, 3.63) is 36.8 Å². The van der Waals surface area contributed by atoms with Crippen molar-refractivity contribution < 1.29 is 0 Å². The maximum atomic E-state index is 4.46. The molecule has 4 heteroatoms. The van der Waals surface area contributed by atoms with Gasteiger partial charge < -0.3 is 4.98 Å². The van der Waals surface area contributed by atoms with Crippen LogP contribution in [0.2, 0.25) is 0 Å². The molecule has 0 aromatic carbocycles. The lowest BCUT2D eigenvalue weighted by Crippen LogP contribution is -1.81. The molecule has 0 saturated heterocycles. The first-order chi connectivity index (χ1) is 6.93. The predicted molar refractivity (Wildman–Crippen MR) is 53.7 cm³/mol. The molecule has 0 bridgehead atoms. The molecule has 3 aromatic heterocycles. The summed E-state index contributed by atoms with van der Waals surface area (Å²) in [6.07, 6.45) is 5.48. The third kappa shape index (κ3) is 1.01. The normalized spacial score (nSPS) is 10.9. The van der Waals surface area contributed by atoms with Crippen molar-refractivity contribution in [2.45, 2.75) is 0 Å². The van der Waals surface area contributed by atoms with Gasteiger partial charge in [0.2, 0.25) is 0 Å². The first kappa shape index (κ1) is 7.32. The fourth-order valence-electron chi connectivity index (χ4n) is 1.48. The maximum Gasteiger partial charge on any atom is 0.137 e. The molecule has 0 aliphatic carbocycles. The van der Waals surface area contributed by atoms with E-state index < -0.39 is 0 Å². The molecular formula is C10H8N4. The molecular weight excluding hydrogens is 176 g/mol. The Bertz CT molecular complexity index is 550. The van der Waals surface area contributed by atoms with Gasteiger partial charge in [0.15, 0.2) is 0 Å². The second-order valence-electron chi connectivity index (χ2n) is 3.10. The molecule has 0 spiro atoms. The Hall–Kier alpha value is -2.10. The number of aromatic nitrogens is 4. The Morgan fingerprint density at radius 3 is 3.00 bits per heavy atom. The van der Waals surface area contributed by atoms with E-state index in [4.69, 9.17) is 0 Å². The van der Waals surface area contributed by atoms with Crippen LogP contribution in [0.15, 0.2) is 36.8 Å². The van der Waals surface area contributed by atoms with Crippen LogP contribution in [0.25, 0.3) is 22.3 Å². The Kier molecular flexibility index (Phi) is 1.41. The van der Waals surface area contributed by atoms with Crippen LogP contribution in [-0.2, 0) is 0 Å². The van der Waals surface area contributed by atoms with E-state index in [0.29, 0.717) is 0 Å². The highest BCUT2D eigenvalue weighted by Gasteiger charge is 2.01. The number of aromatic amines is 2. The number of hydrogen-bond donors (Lipinski definition) is 2. The van der Waals surface area contributed by atoms with E-state index >= 15 is 0 Å². The molecule has 0 fully saturated rings. The molecule has 0 aliphatic heterocycles. The van der Waals surface area contributed by atoms with Crippen molar-refractivity contribution in [2.75, 3.05) is 0 Å². The van der Waals surface area contributed by atoms with E-state index in [1.54, 1.807) is 6.20 Å². The van der Waals surface area contributed by atoms with Gasteiger partial charge in [0.25, 0.3) is 0 Å². The second kappa shape index (κ2) is 2.70.